The van der Waals surface area contributed by atoms with E-state index in [-0.39, 0.29) is 11.8 Å². The van der Waals surface area contributed by atoms with E-state index in [2.05, 4.69) is 11.1 Å². The monoisotopic (exact) mass is 414 g/mol. The molecule has 158 valence electrons. The van der Waals surface area contributed by atoms with Gasteiger partial charge in [-0.2, -0.15) is 13.2 Å². The molecule has 0 spiro atoms. The molecule has 2 aromatic heterocycles. The molecule has 1 atom stereocenters. The number of aliphatic hydroxyl groups is 1. The molecule has 5 rings (SSSR count). The Morgan fingerprint density at radius 1 is 0.933 bits per heavy atom. The minimum atomic E-state index is -4.33. The van der Waals surface area contributed by atoms with E-state index >= 15 is 0 Å². The Morgan fingerprint density at radius 2 is 1.60 bits per heavy atom. The molecule has 2 saturated carbocycles. The van der Waals surface area contributed by atoms with Crippen LogP contribution in [0, 0.1) is 5.92 Å². The standard InChI is InChI=1S/C24H25F3N2O/c25-24(26,27)20-4-2-1-3-18(20)15-7-9-17(10-8-15)23(30)22-19(16-5-6-16)11-12-29-14-28-13-21(22)29/h1-4,11-17,23,30H,5-10H2/t15?,17?,23-/m0/s1. The highest BCUT2D eigenvalue weighted by atomic mass is 19.4. The highest BCUT2D eigenvalue weighted by Crippen LogP contribution is 2.48. The third-order valence-corrected chi connectivity index (χ3v) is 6.91. The van der Waals surface area contributed by atoms with Gasteiger partial charge < -0.3 is 9.51 Å². The molecule has 0 bridgehead atoms. The van der Waals surface area contributed by atoms with Crippen LogP contribution < -0.4 is 0 Å². The fourth-order valence-electron chi connectivity index (χ4n) is 5.20. The van der Waals surface area contributed by atoms with Gasteiger partial charge in [0.05, 0.1) is 29.7 Å². The number of aliphatic hydroxyl groups excluding tert-OH is 1. The number of aromatic nitrogens is 2. The van der Waals surface area contributed by atoms with Gasteiger partial charge in [-0.15, -0.1) is 0 Å². The van der Waals surface area contributed by atoms with Crippen molar-refractivity contribution < 1.29 is 18.3 Å². The number of fused-ring (bicyclic) bond motifs is 1. The third-order valence-electron chi connectivity index (χ3n) is 6.91. The van der Waals surface area contributed by atoms with E-state index in [0.29, 0.717) is 24.3 Å². The van der Waals surface area contributed by atoms with Crippen LogP contribution in [0.5, 0.6) is 0 Å². The first-order valence-electron chi connectivity index (χ1n) is 10.7. The van der Waals surface area contributed by atoms with E-state index in [4.69, 9.17) is 0 Å². The molecule has 0 radical (unpaired) electrons. The van der Waals surface area contributed by atoms with Crippen molar-refractivity contribution >= 4 is 5.52 Å². The zero-order valence-corrected chi connectivity index (χ0v) is 16.6. The van der Waals surface area contributed by atoms with Gasteiger partial charge in [0.1, 0.15) is 0 Å². The Balaban J connectivity index is 1.38. The van der Waals surface area contributed by atoms with Crippen LogP contribution in [0.25, 0.3) is 5.52 Å². The second-order valence-corrected chi connectivity index (χ2v) is 8.79. The van der Waals surface area contributed by atoms with Crippen LogP contribution in [0.3, 0.4) is 0 Å². The summed E-state index contributed by atoms with van der Waals surface area (Å²) in [4.78, 5) is 4.24. The van der Waals surface area contributed by atoms with Crippen molar-refractivity contribution in [1.29, 1.82) is 0 Å². The molecule has 0 unspecified atom stereocenters. The number of benzene rings is 1. The maximum absolute atomic E-state index is 13.4. The lowest BCUT2D eigenvalue weighted by atomic mass is 9.74. The van der Waals surface area contributed by atoms with Crippen LogP contribution in [0.15, 0.2) is 49.1 Å². The quantitative estimate of drug-likeness (QED) is 0.549. The summed E-state index contributed by atoms with van der Waals surface area (Å²) >= 11 is 0. The molecule has 0 saturated heterocycles. The van der Waals surface area contributed by atoms with Crippen LogP contribution in [0.2, 0.25) is 0 Å². The molecule has 0 aliphatic heterocycles. The number of alkyl halides is 3. The van der Waals surface area contributed by atoms with E-state index in [1.165, 1.54) is 17.7 Å². The molecule has 2 fully saturated rings. The van der Waals surface area contributed by atoms with Gasteiger partial charge >= 0.3 is 6.18 Å². The molecule has 30 heavy (non-hydrogen) atoms. The smallest absolute Gasteiger partial charge is 0.388 e. The molecule has 2 aliphatic carbocycles. The first-order chi connectivity index (χ1) is 14.4. The number of rotatable bonds is 4. The van der Waals surface area contributed by atoms with Gasteiger partial charge in [0.25, 0.3) is 0 Å². The van der Waals surface area contributed by atoms with Crippen LogP contribution in [-0.4, -0.2) is 14.5 Å². The van der Waals surface area contributed by atoms with Crippen LogP contribution >= 0.6 is 0 Å². The van der Waals surface area contributed by atoms with Gasteiger partial charge in [-0.3, -0.25) is 0 Å². The number of hydrogen-bond acceptors (Lipinski definition) is 2. The Kier molecular flexibility index (Phi) is 4.85. The van der Waals surface area contributed by atoms with Gasteiger partial charge in [0, 0.05) is 11.8 Å². The number of hydrogen-bond donors (Lipinski definition) is 1. The summed E-state index contributed by atoms with van der Waals surface area (Å²) < 4.78 is 42.2. The van der Waals surface area contributed by atoms with Gasteiger partial charge in [0.2, 0.25) is 0 Å². The number of nitrogens with zero attached hydrogens (tertiary/aromatic N) is 2. The van der Waals surface area contributed by atoms with Crippen molar-refractivity contribution in [2.24, 2.45) is 5.92 Å². The molecule has 1 N–H and O–H groups in total. The van der Waals surface area contributed by atoms with Gasteiger partial charge in [0.15, 0.2) is 0 Å². The summed E-state index contributed by atoms with van der Waals surface area (Å²) in [5.74, 6) is 0.447. The highest BCUT2D eigenvalue weighted by Gasteiger charge is 2.38. The summed E-state index contributed by atoms with van der Waals surface area (Å²) in [6, 6.07) is 8.03. The molecular weight excluding hydrogens is 389 g/mol. The average Bonchev–Trinajstić information content (AvgIpc) is 3.48. The Hall–Kier alpha value is -2.34. The van der Waals surface area contributed by atoms with Gasteiger partial charge in [-0.1, -0.05) is 18.2 Å². The van der Waals surface area contributed by atoms with Gasteiger partial charge in [-0.25, -0.2) is 4.98 Å². The number of imidazole rings is 1. The maximum atomic E-state index is 13.4. The lowest BCUT2D eigenvalue weighted by Gasteiger charge is -2.33. The fourth-order valence-corrected chi connectivity index (χ4v) is 5.20. The molecule has 3 aromatic rings. The maximum Gasteiger partial charge on any atom is 0.416 e. The second-order valence-electron chi connectivity index (χ2n) is 8.79. The molecule has 0 amide bonds. The van der Waals surface area contributed by atoms with Crippen LogP contribution in [-0.2, 0) is 6.18 Å². The minimum Gasteiger partial charge on any atom is -0.388 e. The lowest BCUT2D eigenvalue weighted by Crippen LogP contribution is -2.22. The summed E-state index contributed by atoms with van der Waals surface area (Å²) in [5.41, 5.74) is 3.00. The minimum absolute atomic E-state index is 0.0536. The number of halogens is 3. The van der Waals surface area contributed by atoms with Crippen molar-refractivity contribution in [2.45, 2.75) is 62.6 Å². The van der Waals surface area contributed by atoms with E-state index in [9.17, 15) is 18.3 Å². The summed E-state index contributed by atoms with van der Waals surface area (Å²) in [6.45, 7) is 0. The zero-order valence-electron chi connectivity index (χ0n) is 16.6. The van der Waals surface area contributed by atoms with E-state index in [1.807, 2.05) is 10.6 Å². The third kappa shape index (κ3) is 3.51. The second kappa shape index (κ2) is 7.41. The SMILES string of the molecule is O[C@H](c1c(C2CC2)ccn2cncc12)C1CCC(c2ccccc2C(F)(F)F)CC1. The van der Waals surface area contributed by atoms with E-state index < -0.39 is 17.8 Å². The topological polar surface area (TPSA) is 37.5 Å². The predicted molar refractivity (Wildman–Crippen MR) is 108 cm³/mol. The first kappa shape index (κ1) is 19.6. The number of pyridine rings is 1. The molecule has 2 heterocycles. The Labute approximate surface area is 173 Å². The molecular formula is C24H25F3N2O. The van der Waals surface area contributed by atoms with Crippen molar-refractivity contribution in [3.8, 4) is 0 Å². The van der Waals surface area contributed by atoms with Crippen molar-refractivity contribution in [3.05, 3.63) is 71.3 Å². The van der Waals surface area contributed by atoms with Gasteiger partial charge in [-0.05, 0) is 79.5 Å². The van der Waals surface area contributed by atoms with Crippen molar-refractivity contribution in [2.75, 3.05) is 0 Å². The normalized spacial score (nSPS) is 23.6. The highest BCUT2D eigenvalue weighted by molar-refractivity contribution is 5.59. The van der Waals surface area contributed by atoms with Crippen molar-refractivity contribution in [3.63, 3.8) is 0 Å². The van der Waals surface area contributed by atoms with E-state index in [1.54, 1.807) is 24.7 Å². The zero-order chi connectivity index (χ0) is 20.9. The van der Waals surface area contributed by atoms with Crippen LogP contribution in [0.1, 0.15) is 78.7 Å². The summed E-state index contributed by atoms with van der Waals surface area (Å²) in [7, 11) is 0. The molecule has 1 aromatic carbocycles. The summed E-state index contributed by atoms with van der Waals surface area (Å²) in [5, 5.41) is 11.3. The predicted octanol–water partition coefficient (Wildman–Crippen LogP) is 6.24. The summed E-state index contributed by atoms with van der Waals surface area (Å²) in [6.07, 6.45) is 5.65. The average molecular weight is 414 g/mol. The Bertz CT molecular complexity index is 1050. The molecule has 3 nitrogen and oxygen atoms in total. The molecule has 2 aliphatic rings. The lowest BCUT2D eigenvalue weighted by molar-refractivity contribution is -0.138. The van der Waals surface area contributed by atoms with E-state index in [0.717, 1.165) is 36.8 Å². The largest absolute Gasteiger partial charge is 0.416 e. The molecule has 6 heteroatoms. The first-order valence-corrected chi connectivity index (χ1v) is 10.7. The van der Waals surface area contributed by atoms with Crippen LogP contribution in [0.4, 0.5) is 13.2 Å². The fraction of sp³-hybridized carbons (Fsp3) is 0.458. The Morgan fingerprint density at radius 3 is 2.30 bits per heavy atom. The van der Waals surface area contributed by atoms with Crippen molar-refractivity contribution in [1.82, 2.24) is 9.38 Å².